The predicted octanol–water partition coefficient (Wildman–Crippen LogP) is 1.11. The van der Waals surface area contributed by atoms with Gasteiger partial charge in [0, 0.05) is 6.20 Å². The zero-order chi connectivity index (χ0) is 6.85. The van der Waals surface area contributed by atoms with Gasteiger partial charge in [0.15, 0.2) is 0 Å². The summed E-state index contributed by atoms with van der Waals surface area (Å²) in [5.74, 6) is -0.588. The van der Waals surface area contributed by atoms with Crippen LogP contribution in [0.15, 0.2) is 12.3 Å². The van der Waals surface area contributed by atoms with E-state index >= 15 is 0 Å². The molecule has 2 nitrogen and oxygen atoms in total. The standard InChI is InChI=1S/C6H7FN2/c1-4-2-3-9-6(7)5(4)8/h2-3H,8H2,1H3. The highest BCUT2D eigenvalue weighted by molar-refractivity contribution is 5.43. The van der Waals surface area contributed by atoms with Crippen molar-refractivity contribution < 1.29 is 4.39 Å². The van der Waals surface area contributed by atoms with Gasteiger partial charge < -0.3 is 5.73 Å². The zero-order valence-corrected chi connectivity index (χ0v) is 5.06. The molecule has 3 heteroatoms. The molecule has 1 aromatic rings. The summed E-state index contributed by atoms with van der Waals surface area (Å²) >= 11 is 0. The Balaban J connectivity index is 3.25. The Bertz CT molecular complexity index is 202. The van der Waals surface area contributed by atoms with Gasteiger partial charge in [-0.05, 0) is 18.6 Å². The van der Waals surface area contributed by atoms with Crippen molar-refractivity contribution in [2.45, 2.75) is 6.92 Å². The summed E-state index contributed by atoms with van der Waals surface area (Å²) in [4.78, 5) is 3.35. The number of aryl methyl sites for hydroxylation is 1. The van der Waals surface area contributed by atoms with Crippen molar-refractivity contribution >= 4 is 5.69 Å². The number of nitrogens with zero attached hydrogens (tertiary/aromatic N) is 1. The quantitative estimate of drug-likeness (QED) is 0.529. The number of nitrogens with two attached hydrogens (primary N) is 1. The second kappa shape index (κ2) is 2.01. The Kier molecular flexibility index (Phi) is 1.34. The molecule has 0 aromatic carbocycles. The summed E-state index contributed by atoms with van der Waals surface area (Å²) < 4.78 is 12.3. The molecule has 0 aliphatic carbocycles. The van der Waals surface area contributed by atoms with Crippen LogP contribution in [-0.2, 0) is 0 Å². The van der Waals surface area contributed by atoms with Crippen molar-refractivity contribution in [1.29, 1.82) is 0 Å². The summed E-state index contributed by atoms with van der Waals surface area (Å²) in [5, 5.41) is 0. The Morgan fingerprint density at radius 3 is 2.78 bits per heavy atom. The predicted molar refractivity (Wildman–Crippen MR) is 33.3 cm³/mol. The average Bonchev–Trinajstić information content (AvgIpc) is 1.83. The van der Waals surface area contributed by atoms with Gasteiger partial charge in [-0.1, -0.05) is 0 Å². The minimum atomic E-state index is -0.588. The molecule has 0 atom stereocenters. The van der Waals surface area contributed by atoms with E-state index in [2.05, 4.69) is 4.98 Å². The molecule has 0 fully saturated rings. The van der Waals surface area contributed by atoms with Crippen LogP contribution in [0.2, 0.25) is 0 Å². The van der Waals surface area contributed by atoms with E-state index in [9.17, 15) is 4.39 Å². The lowest BCUT2D eigenvalue weighted by Gasteiger charge is -1.96. The summed E-state index contributed by atoms with van der Waals surface area (Å²) in [6.45, 7) is 1.74. The van der Waals surface area contributed by atoms with Crippen molar-refractivity contribution in [3.8, 4) is 0 Å². The van der Waals surface area contributed by atoms with Gasteiger partial charge in [-0.15, -0.1) is 0 Å². The number of rotatable bonds is 0. The monoisotopic (exact) mass is 126 g/mol. The lowest BCUT2D eigenvalue weighted by atomic mass is 10.3. The van der Waals surface area contributed by atoms with Crippen LogP contribution >= 0.6 is 0 Å². The van der Waals surface area contributed by atoms with Crippen LogP contribution in [-0.4, -0.2) is 4.98 Å². The maximum atomic E-state index is 12.3. The number of hydrogen-bond acceptors (Lipinski definition) is 2. The molecule has 0 bridgehead atoms. The van der Waals surface area contributed by atoms with Gasteiger partial charge in [0.2, 0.25) is 5.95 Å². The molecule has 1 aromatic heterocycles. The number of nitrogen functional groups attached to an aromatic ring is 1. The number of aromatic nitrogens is 1. The van der Waals surface area contributed by atoms with Crippen LogP contribution < -0.4 is 5.73 Å². The first-order valence-electron chi connectivity index (χ1n) is 2.58. The van der Waals surface area contributed by atoms with Crippen molar-refractivity contribution in [2.24, 2.45) is 0 Å². The minimum Gasteiger partial charge on any atom is -0.395 e. The van der Waals surface area contributed by atoms with Gasteiger partial charge in [-0.25, -0.2) is 4.98 Å². The lowest BCUT2D eigenvalue weighted by molar-refractivity contribution is 0.588. The van der Waals surface area contributed by atoms with E-state index < -0.39 is 5.95 Å². The van der Waals surface area contributed by atoms with E-state index in [1.807, 2.05) is 0 Å². The zero-order valence-electron chi connectivity index (χ0n) is 5.06. The molecular weight excluding hydrogens is 119 g/mol. The first kappa shape index (κ1) is 6.01. The maximum absolute atomic E-state index is 12.3. The van der Waals surface area contributed by atoms with Crippen molar-refractivity contribution in [3.63, 3.8) is 0 Å². The smallest absolute Gasteiger partial charge is 0.236 e. The van der Waals surface area contributed by atoms with Crippen molar-refractivity contribution in [3.05, 3.63) is 23.8 Å². The Morgan fingerprint density at radius 1 is 1.67 bits per heavy atom. The van der Waals surface area contributed by atoms with Gasteiger partial charge in [-0.3, -0.25) is 0 Å². The van der Waals surface area contributed by atoms with Crippen LogP contribution in [0.3, 0.4) is 0 Å². The number of hydrogen-bond donors (Lipinski definition) is 1. The molecule has 2 N–H and O–H groups in total. The van der Waals surface area contributed by atoms with Gasteiger partial charge in [0.1, 0.15) is 0 Å². The summed E-state index contributed by atoms with van der Waals surface area (Å²) in [6.07, 6.45) is 1.39. The number of pyridine rings is 1. The Labute approximate surface area is 52.5 Å². The van der Waals surface area contributed by atoms with Crippen LogP contribution in [0.4, 0.5) is 10.1 Å². The van der Waals surface area contributed by atoms with E-state index in [4.69, 9.17) is 5.73 Å². The number of anilines is 1. The van der Waals surface area contributed by atoms with Gasteiger partial charge >= 0.3 is 0 Å². The Morgan fingerprint density at radius 2 is 2.33 bits per heavy atom. The van der Waals surface area contributed by atoms with Crippen LogP contribution in [0, 0.1) is 12.9 Å². The molecule has 48 valence electrons. The topological polar surface area (TPSA) is 38.9 Å². The summed E-state index contributed by atoms with van der Waals surface area (Å²) in [5.41, 5.74) is 6.11. The normalized spacial score (nSPS) is 9.56. The highest BCUT2D eigenvalue weighted by atomic mass is 19.1. The molecule has 0 saturated carbocycles. The van der Waals surface area contributed by atoms with Crippen molar-refractivity contribution in [2.75, 3.05) is 5.73 Å². The minimum absolute atomic E-state index is 0.137. The second-order valence-electron chi connectivity index (χ2n) is 1.83. The van der Waals surface area contributed by atoms with Gasteiger partial charge in [-0.2, -0.15) is 4.39 Å². The largest absolute Gasteiger partial charge is 0.395 e. The molecular formula is C6H7FN2. The molecule has 0 unspecified atom stereocenters. The first-order valence-corrected chi connectivity index (χ1v) is 2.58. The Hall–Kier alpha value is -1.12. The molecule has 0 saturated heterocycles. The highest BCUT2D eigenvalue weighted by Gasteiger charge is 1.98. The molecule has 0 amide bonds. The van der Waals surface area contributed by atoms with E-state index in [0.29, 0.717) is 0 Å². The first-order chi connectivity index (χ1) is 4.22. The average molecular weight is 126 g/mol. The maximum Gasteiger partial charge on any atom is 0.236 e. The molecule has 1 heterocycles. The molecule has 0 aliphatic rings. The molecule has 0 radical (unpaired) electrons. The SMILES string of the molecule is Cc1ccnc(F)c1N. The van der Waals surface area contributed by atoms with Crippen LogP contribution in [0.1, 0.15) is 5.56 Å². The third kappa shape index (κ3) is 0.988. The summed E-state index contributed by atoms with van der Waals surface area (Å²) in [6, 6.07) is 1.67. The third-order valence-corrected chi connectivity index (χ3v) is 1.16. The molecule has 9 heavy (non-hydrogen) atoms. The van der Waals surface area contributed by atoms with Crippen LogP contribution in [0.5, 0.6) is 0 Å². The molecule has 1 rings (SSSR count). The highest BCUT2D eigenvalue weighted by Crippen LogP contribution is 2.10. The van der Waals surface area contributed by atoms with E-state index in [1.165, 1.54) is 6.20 Å². The number of halogens is 1. The lowest BCUT2D eigenvalue weighted by Crippen LogP contribution is -1.95. The summed E-state index contributed by atoms with van der Waals surface area (Å²) in [7, 11) is 0. The van der Waals surface area contributed by atoms with Gasteiger partial charge in [0.05, 0.1) is 5.69 Å². The van der Waals surface area contributed by atoms with E-state index in [1.54, 1.807) is 13.0 Å². The third-order valence-electron chi connectivity index (χ3n) is 1.16. The second-order valence-corrected chi connectivity index (χ2v) is 1.83. The van der Waals surface area contributed by atoms with Gasteiger partial charge in [0.25, 0.3) is 0 Å². The van der Waals surface area contributed by atoms with E-state index in [-0.39, 0.29) is 5.69 Å². The fraction of sp³-hybridized carbons (Fsp3) is 0.167. The van der Waals surface area contributed by atoms with Crippen molar-refractivity contribution in [1.82, 2.24) is 4.98 Å². The molecule has 0 aliphatic heterocycles. The van der Waals surface area contributed by atoms with Crippen LogP contribution in [0.25, 0.3) is 0 Å². The fourth-order valence-electron chi connectivity index (χ4n) is 0.537. The van der Waals surface area contributed by atoms with E-state index in [0.717, 1.165) is 5.56 Å². The fourth-order valence-corrected chi connectivity index (χ4v) is 0.537. The molecule has 0 spiro atoms.